The number of aryl methyl sites for hydroxylation is 1. The number of carbonyl (C=O) groups excluding carboxylic acids is 1. The van der Waals surface area contributed by atoms with Gasteiger partial charge in [0, 0.05) is 26.2 Å². The fourth-order valence-corrected chi connectivity index (χ4v) is 5.59. The minimum absolute atomic E-state index is 0.0000741. The van der Waals surface area contributed by atoms with E-state index in [0.717, 1.165) is 16.9 Å². The zero-order valence-corrected chi connectivity index (χ0v) is 19.4. The van der Waals surface area contributed by atoms with Crippen LogP contribution in [0, 0.1) is 18.3 Å². The van der Waals surface area contributed by atoms with Gasteiger partial charge in [0.05, 0.1) is 33.6 Å². The standard InChI is InChI=1S/C24H25N5O3S/c1-3-22-21(17-26-29(22)20-10-8-18(2)9-11-20)24(30)27-12-14-28(15-13-27)33(31,32)23-7-5-4-6-19(23)16-25/h4-11,17H,3,12-15H2,1-2H3. The van der Waals surface area contributed by atoms with E-state index >= 15 is 0 Å². The Morgan fingerprint density at radius 3 is 2.36 bits per heavy atom. The molecule has 0 spiro atoms. The van der Waals surface area contributed by atoms with Gasteiger partial charge in [0.15, 0.2) is 0 Å². The average Bonchev–Trinajstić information content (AvgIpc) is 3.28. The van der Waals surface area contributed by atoms with Crippen LogP contribution in [0.15, 0.2) is 59.6 Å². The van der Waals surface area contributed by atoms with Crippen molar-refractivity contribution in [2.24, 2.45) is 0 Å². The Morgan fingerprint density at radius 2 is 1.73 bits per heavy atom. The molecule has 0 unspecified atom stereocenters. The first-order chi connectivity index (χ1) is 15.9. The van der Waals surface area contributed by atoms with Gasteiger partial charge in [-0.15, -0.1) is 0 Å². The van der Waals surface area contributed by atoms with Crippen LogP contribution in [0.2, 0.25) is 0 Å². The van der Waals surface area contributed by atoms with Crippen molar-refractivity contribution < 1.29 is 13.2 Å². The smallest absolute Gasteiger partial charge is 0.257 e. The summed E-state index contributed by atoms with van der Waals surface area (Å²) in [5, 5.41) is 13.7. The fraction of sp³-hybridized carbons (Fsp3) is 0.292. The third-order valence-electron chi connectivity index (χ3n) is 5.86. The number of aromatic nitrogens is 2. The van der Waals surface area contributed by atoms with Crippen molar-refractivity contribution in [1.29, 1.82) is 5.26 Å². The van der Waals surface area contributed by atoms with E-state index in [1.165, 1.54) is 16.4 Å². The van der Waals surface area contributed by atoms with Crippen molar-refractivity contribution in [2.75, 3.05) is 26.2 Å². The fourth-order valence-electron chi connectivity index (χ4n) is 4.03. The van der Waals surface area contributed by atoms with Gasteiger partial charge in [0.25, 0.3) is 5.91 Å². The van der Waals surface area contributed by atoms with Gasteiger partial charge in [-0.1, -0.05) is 36.8 Å². The molecule has 33 heavy (non-hydrogen) atoms. The van der Waals surface area contributed by atoms with E-state index < -0.39 is 10.0 Å². The summed E-state index contributed by atoms with van der Waals surface area (Å²) in [6.45, 7) is 4.87. The normalized spacial score (nSPS) is 14.8. The molecule has 1 saturated heterocycles. The molecular weight excluding hydrogens is 438 g/mol. The molecule has 4 rings (SSSR count). The minimum atomic E-state index is -3.81. The summed E-state index contributed by atoms with van der Waals surface area (Å²) in [5.41, 5.74) is 3.51. The van der Waals surface area contributed by atoms with Crippen molar-refractivity contribution in [3.05, 3.63) is 77.1 Å². The first-order valence-corrected chi connectivity index (χ1v) is 12.2. The number of amides is 1. The zero-order chi connectivity index (χ0) is 23.6. The summed E-state index contributed by atoms with van der Waals surface area (Å²) in [6, 6.07) is 16.1. The van der Waals surface area contributed by atoms with Gasteiger partial charge in [-0.3, -0.25) is 4.79 Å². The number of piperazine rings is 1. The van der Waals surface area contributed by atoms with Crippen LogP contribution in [0.1, 0.15) is 34.1 Å². The van der Waals surface area contributed by atoms with Gasteiger partial charge < -0.3 is 4.90 Å². The van der Waals surface area contributed by atoms with E-state index in [0.29, 0.717) is 12.0 Å². The van der Waals surface area contributed by atoms with Crippen molar-refractivity contribution in [3.63, 3.8) is 0 Å². The largest absolute Gasteiger partial charge is 0.336 e. The summed E-state index contributed by atoms with van der Waals surface area (Å²) in [4.78, 5) is 14.9. The van der Waals surface area contributed by atoms with Crippen LogP contribution in [-0.4, -0.2) is 59.5 Å². The molecule has 0 aliphatic carbocycles. The van der Waals surface area contributed by atoms with Gasteiger partial charge in [0.2, 0.25) is 10.0 Å². The van der Waals surface area contributed by atoms with E-state index in [9.17, 15) is 18.5 Å². The second-order valence-corrected chi connectivity index (χ2v) is 9.82. The number of hydrogen-bond acceptors (Lipinski definition) is 5. The Balaban J connectivity index is 1.51. The predicted molar refractivity (Wildman–Crippen MR) is 123 cm³/mol. The molecule has 170 valence electrons. The summed E-state index contributed by atoms with van der Waals surface area (Å²) in [5.74, 6) is -0.153. The van der Waals surface area contributed by atoms with Crippen LogP contribution in [0.5, 0.6) is 0 Å². The maximum absolute atomic E-state index is 13.3. The van der Waals surface area contributed by atoms with Crippen molar-refractivity contribution in [3.8, 4) is 11.8 Å². The highest BCUT2D eigenvalue weighted by atomic mass is 32.2. The molecule has 1 aromatic heterocycles. The highest BCUT2D eigenvalue weighted by Crippen LogP contribution is 2.23. The molecule has 3 aromatic rings. The number of sulfonamides is 1. The molecule has 0 N–H and O–H groups in total. The van der Waals surface area contributed by atoms with Gasteiger partial charge in [-0.25, -0.2) is 13.1 Å². The molecule has 0 bridgehead atoms. The molecule has 1 fully saturated rings. The van der Waals surface area contributed by atoms with Crippen molar-refractivity contribution in [2.45, 2.75) is 25.2 Å². The summed E-state index contributed by atoms with van der Waals surface area (Å²) in [6.07, 6.45) is 2.22. The first-order valence-electron chi connectivity index (χ1n) is 10.8. The molecule has 9 heteroatoms. The minimum Gasteiger partial charge on any atom is -0.336 e. The van der Waals surface area contributed by atoms with Crippen LogP contribution in [0.4, 0.5) is 0 Å². The number of nitrogens with zero attached hydrogens (tertiary/aromatic N) is 5. The summed E-state index contributed by atoms with van der Waals surface area (Å²) >= 11 is 0. The molecule has 0 radical (unpaired) electrons. The van der Waals surface area contributed by atoms with Crippen LogP contribution < -0.4 is 0 Å². The summed E-state index contributed by atoms with van der Waals surface area (Å²) < 4.78 is 29.2. The van der Waals surface area contributed by atoms with Crippen LogP contribution >= 0.6 is 0 Å². The molecule has 8 nitrogen and oxygen atoms in total. The topological polar surface area (TPSA) is 99.3 Å². The number of carbonyl (C=O) groups is 1. The maximum Gasteiger partial charge on any atom is 0.257 e. The monoisotopic (exact) mass is 463 g/mol. The number of benzene rings is 2. The van der Waals surface area contributed by atoms with Crippen molar-refractivity contribution in [1.82, 2.24) is 19.0 Å². The Morgan fingerprint density at radius 1 is 1.06 bits per heavy atom. The van der Waals surface area contributed by atoms with E-state index in [1.807, 2.05) is 44.2 Å². The van der Waals surface area contributed by atoms with Gasteiger partial charge in [0.1, 0.15) is 6.07 Å². The van der Waals surface area contributed by atoms with Crippen molar-refractivity contribution >= 4 is 15.9 Å². The van der Waals surface area contributed by atoms with Crippen LogP contribution in [0.25, 0.3) is 5.69 Å². The number of rotatable bonds is 5. The second kappa shape index (κ2) is 9.17. The Hall–Kier alpha value is -3.48. The average molecular weight is 464 g/mol. The molecule has 2 heterocycles. The summed E-state index contributed by atoms with van der Waals surface area (Å²) in [7, 11) is -3.81. The zero-order valence-electron chi connectivity index (χ0n) is 18.6. The lowest BCUT2D eigenvalue weighted by atomic mass is 10.1. The lowest BCUT2D eigenvalue weighted by Crippen LogP contribution is -2.50. The molecule has 1 amide bonds. The molecule has 1 aliphatic heterocycles. The van der Waals surface area contributed by atoms with E-state index in [-0.39, 0.29) is 42.5 Å². The second-order valence-electron chi connectivity index (χ2n) is 7.91. The SMILES string of the molecule is CCc1c(C(=O)N2CCN(S(=O)(=O)c3ccccc3C#N)CC2)cnn1-c1ccc(C)cc1. The maximum atomic E-state index is 13.3. The lowest BCUT2D eigenvalue weighted by molar-refractivity contribution is 0.0696. The highest BCUT2D eigenvalue weighted by Gasteiger charge is 2.32. The predicted octanol–water partition coefficient (Wildman–Crippen LogP) is 2.76. The van der Waals surface area contributed by atoms with Gasteiger partial charge >= 0.3 is 0 Å². The Bertz CT molecular complexity index is 1310. The first kappa shape index (κ1) is 22.7. The van der Waals surface area contributed by atoms with E-state index in [2.05, 4.69) is 5.10 Å². The Labute approximate surface area is 193 Å². The van der Waals surface area contributed by atoms with Crippen LogP contribution in [0.3, 0.4) is 0 Å². The molecular formula is C24H25N5O3S. The third-order valence-corrected chi connectivity index (χ3v) is 7.82. The molecule has 0 saturated carbocycles. The molecule has 1 aliphatic rings. The van der Waals surface area contributed by atoms with E-state index in [4.69, 9.17) is 0 Å². The Kier molecular flexibility index (Phi) is 6.31. The van der Waals surface area contributed by atoms with Gasteiger partial charge in [-0.05, 0) is 37.6 Å². The quantitative estimate of drug-likeness (QED) is 0.579. The number of hydrogen-bond donors (Lipinski definition) is 0. The third kappa shape index (κ3) is 4.27. The van der Waals surface area contributed by atoms with E-state index in [1.54, 1.807) is 27.9 Å². The lowest BCUT2D eigenvalue weighted by Gasteiger charge is -2.34. The highest BCUT2D eigenvalue weighted by molar-refractivity contribution is 7.89. The molecule has 0 atom stereocenters. The molecule has 2 aromatic carbocycles. The number of nitriles is 1. The van der Waals surface area contributed by atoms with Crippen LogP contribution in [-0.2, 0) is 16.4 Å². The van der Waals surface area contributed by atoms with Gasteiger partial charge in [-0.2, -0.15) is 14.7 Å².